The second kappa shape index (κ2) is 14.6. The molecule has 2 aliphatic rings. The van der Waals surface area contributed by atoms with Crippen molar-refractivity contribution in [1.82, 2.24) is 28.8 Å². The molecular weight excluding hydrogens is 644 g/mol. The number of aromatic nitrogens is 3. The molecule has 0 bridgehead atoms. The molecule has 4 aromatic rings. The second-order valence-corrected chi connectivity index (χ2v) is 13.6. The van der Waals surface area contributed by atoms with Gasteiger partial charge in [-0.05, 0) is 68.0 Å². The highest BCUT2D eigenvalue weighted by Crippen LogP contribution is 2.31. The van der Waals surface area contributed by atoms with E-state index in [1.54, 1.807) is 36.9 Å². The van der Waals surface area contributed by atoms with Crippen LogP contribution in [0.4, 0.5) is 0 Å². The second-order valence-electron chi connectivity index (χ2n) is 13.2. The first-order valence-electron chi connectivity index (χ1n) is 16.7. The highest BCUT2D eigenvalue weighted by molar-refractivity contribution is 6.32. The zero-order valence-corrected chi connectivity index (χ0v) is 29.3. The Morgan fingerprint density at radius 3 is 2.33 bits per heavy atom. The highest BCUT2D eigenvalue weighted by Gasteiger charge is 2.27. The summed E-state index contributed by atoms with van der Waals surface area (Å²) in [7, 11) is 3.50. The molecule has 0 unspecified atom stereocenters. The molecule has 0 saturated carbocycles. The van der Waals surface area contributed by atoms with E-state index in [4.69, 9.17) is 16.3 Å². The Morgan fingerprint density at radius 2 is 1.63 bits per heavy atom. The third-order valence-electron chi connectivity index (χ3n) is 10.1. The number of methoxy groups -OCH3 is 1. The number of benzene rings is 2. The van der Waals surface area contributed by atoms with E-state index in [-0.39, 0.29) is 11.5 Å². The van der Waals surface area contributed by atoms with Gasteiger partial charge in [0.25, 0.3) is 17.0 Å². The fourth-order valence-electron chi connectivity index (χ4n) is 6.98. The number of ether oxygens (including phenoxy) is 1. The number of aromatic amines is 1. The summed E-state index contributed by atoms with van der Waals surface area (Å²) in [6.45, 7) is 11.0. The number of nitrogens with zero attached hydrogens (tertiary/aromatic N) is 5. The van der Waals surface area contributed by atoms with E-state index in [9.17, 15) is 19.2 Å². The standard InChI is InChI=1S/C37H43ClN6O5/c1-24-25(2)35(46)40(3)23-30(24)27-5-6-29(33(20-27)49-4)22-42-17-15-41(16-18-42)21-26-9-12-43(13-10-26)36(47)28-7-8-31(38)32(19-28)44-14-11-34(45)39-37(44)48/h5-8,11,14,19-20,23,26H,9-10,12-13,15-18,21-22H2,1-4H3,(H,39,45,48). The maximum Gasteiger partial charge on any atom is 0.332 e. The number of likely N-dealkylation sites (tertiary alicyclic amines) is 1. The topological polar surface area (TPSA) is 113 Å². The zero-order chi connectivity index (χ0) is 34.8. The quantitative estimate of drug-likeness (QED) is 0.300. The van der Waals surface area contributed by atoms with Crippen molar-refractivity contribution in [2.75, 3.05) is 52.9 Å². The Hall–Kier alpha value is -4.45. The Labute approximate surface area is 290 Å². The number of pyridine rings is 1. The van der Waals surface area contributed by atoms with Crippen LogP contribution in [0, 0.1) is 19.8 Å². The molecule has 258 valence electrons. The van der Waals surface area contributed by atoms with E-state index >= 15 is 0 Å². The Kier molecular flexibility index (Phi) is 10.2. The highest BCUT2D eigenvalue weighted by atomic mass is 35.5. The largest absolute Gasteiger partial charge is 0.496 e. The lowest BCUT2D eigenvalue weighted by molar-refractivity contribution is 0.0629. The molecule has 4 heterocycles. The summed E-state index contributed by atoms with van der Waals surface area (Å²) in [4.78, 5) is 58.7. The van der Waals surface area contributed by atoms with Crippen LogP contribution < -0.4 is 21.5 Å². The normalized spacial score (nSPS) is 16.2. The number of aryl methyl sites for hydroxylation is 1. The molecule has 6 rings (SSSR count). The van der Waals surface area contributed by atoms with Gasteiger partial charge >= 0.3 is 5.69 Å². The van der Waals surface area contributed by atoms with Crippen LogP contribution in [0.15, 0.2) is 69.2 Å². The van der Waals surface area contributed by atoms with Crippen molar-refractivity contribution >= 4 is 17.5 Å². The minimum Gasteiger partial charge on any atom is -0.496 e. The molecule has 0 radical (unpaired) electrons. The first-order chi connectivity index (χ1) is 23.5. The summed E-state index contributed by atoms with van der Waals surface area (Å²) in [6.07, 6.45) is 5.13. The number of piperazine rings is 1. The molecule has 2 aliphatic heterocycles. The summed E-state index contributed by atoms with van der Waals surface area (Å²) in [5, 5.41) is 0.310. The lowest BCUT2D eigenvalue weighted by atomic mass is 9.95. The van der Waals surface area contributed by atoms with Crippen LogP contribution in [-0.4, -0.2) is 87.6 Å². The lowest BCUT2D eigenvalue weighted by Gasteiger charge is -2.39. The number of carbonyl (C=O) groups excluding carboxylic acids is 1. The van der Waals surface area contributed by atoms with Gasteiger partial charge in [0.1, 0.15) is 5.75 Å². The van der Waals surface area contributed by atoms with E-state index in [0.29, 0.717) is 35.3 Å². The van der Waals surface area contributed by atoms with Crippen molar-refractivity contribution in [1.29, 1.82) is 0 Å². The summed E-state index contributed by atoms with van der Waals surface area (Å²) >= 11 is 6.35. The molecular formula is C37H43ClN6O5. The minimum atomic E-state index is -0.612. The molecule has 0 spiro atoms. The van der Waals surface area contributed by atoms with E-state index in [1.165, 1.54) is 16.8 Å². The van der Waals surface area contributed by atoms with Crippen molar-refractivity contribution in [2.45, 2.75) is 33.2 Å². The van der Waals surface area contributed by atoms with Crippen LogP contribution in [-0.2, 0) is 13.6 Å². The number of halogens is 1. The number of rotatable bonds is 8. The molecule has 2 saturated heterocycles. The number of carbonyl (C=O) groups is 1. The van der Waals surface area contributed by atoms with E-state index in [1.807, 2.05) is 24.9 Å². The minimum absolute atomic E-state index is 0.0269. The van der Waals surface area contributed by atoms with Gasteiger partial charge in [0.05, 0.1) is 17.8 Å². The number of nitrogens with one attached hydrogen (secondary N) is 1. The molecule has 0 atom stereocenters. The number of H-pyrrole nitrogens is 1. The van der Waals surface area contributed by atoms with E-state index < -0.39 is 11.2 Å². The average molecular weight is 687 g/mol. The number of amides is 1. The monoisotopic (exact) mass is 686 g/mol. The van der Waals surface area contributed by atoms with Crippen molar-refractivity contribution < 1.29 is 9.53 Å². The van der Waals surface area contributed by atoms with Crippen LogP contribution in [0.1, 0.15) is 39.9 Å². The van der Waals surface area contributed by atoms with E-state index in [0.717, 1.165) is 85.7 Å². The summed E-state index contributed by atoms with van der Waals surface area (Å²) < 4.78 is 8.70. The van der Waals surface area contributed by atoms with E-state index in [2.05, 4.69) is 33.0 Å². The van der Waals surface area contributed by atoms with Gasteiger partial charge in [-0.2, -0.15) is 0 Å². The molecule has 2 aromatic carbocycles. The Bertz CT molecular complexity index is 2040. The summed E-state index contributed by atoms with van der Waals surface area (Å²) in [6, 6.07) is 12.5. The number of hydrogen-bond donors (Lipinski definition) is 1. The number of hydrogen-bond acceptors (Lipinski definition) is 7. The summed E-state index contributed by atoms with van der Waals surface area (Å²) in [5.41, 5.74) is 4.69. The van der Waals surface area contributed by atoms with Crippen LogP contribution in [0.5, 0.6) is 5.75 Å². The van der Waals surface area contributed by atoms with Gasteiger partial charge in [-0.3, -0.25) is 28.8 Å². The maximum atomic E-state index is 13.4. The van der Waals surface area contributed by atoms with Crippen LogP contribution >= 0.6 is 11.6 Å². The first-order valence-corrected chi connectivity index (χ1v) is 17.1. The third-order valence-corrected chi connectivity index (χ3v) is 10.4. The van der Waals surface area contributed by atoms with Crippen LogP contribution in [0.3, 0.4) is 0 Å². The van der Waals surface area contributed by atoms with Gasteiger partial charge in [0.15, 0.2) is 0 Å². The predicted molar refractivity (Wildman–Crippen MR) is 191 cm³/mol. The van der Waals surface area contributed by atoms with Gasteiger partial charge in [0, 0.05) is 100 Å². The van der Waals surface area contributed by atoms with Crippen LogP contribution in [0.2, 0.25) is 5.02 Å². The third kappa shape index (κ3) is 7.44. The molecule has 0 aliphatic carbocycles. The molecule has 2 fully saturated rings. The molecule has 12 heteroatoms. The molecule has 1 amide bonds. The lowest BCUT2D eigenvalue weighted by Crippen LogP contribution is -2.48. The van der Waals surface area contributed by atoms with Gasteiger partial charge in [0.2, 0.25) is 0 Å². The average Bonchev–Trinajstić information content (AvgIpc) is 3.10. The molecule has 11 nitrogen and oxygen atoms in total. The predicted octanol–water partition coefficient (Wildman–Crippen LogP) is 3.84. The SMILES string of the molecule is COc1cc(-c2cn(C)c(=O)c(C)c2C)ccc1CN1CCN(CC2CCN(C(=O)c3ccc(Cl)c(-n4ccc(=O)[nH]c4=O)c3)CC2)CC1. The smallest absolute Gasteiger partial charge is 0.332 e. The fraction of sp³-hybridized carbons (Fsp3) is 0.405. The van der Waals surface area contributed by atoms with Crippen LogP contribution in [0.25, 0.3) is 16.8 Å². The van der Waals surface area contributed by atoms with Crippen molar-refractivity contribution in [3.05, 3.63) is 113 Å². The van der Waals surface area contributed by atoms with Gasteiger partial charge < -0.3 is 19.1 Å². The Morgan fingerprint density at radius 1 is 0.918 bits per heavy atom. The van der Waals surface area contributed by atoms with Crippen molar-refractivity contribution in [3.8, 4) is 22.6 Å². The molecule has 49 heavy (non-hydrogen) atoms. The van der Waals surface area contributed by atoms with Gasteiger partial charge in [-0.1, -0.05) is 23.7 Å². The van der Waals surface area contributed by atoms with Crippen molar-refractivity contribution in [2.24, 2.45) is 13.0 Å². The van der Waals surface area contributed by atoms with Crippen molar-refractivity contribution in [3.63, 3.8) is 0 Å². The van der Waals surface area contributed by atoms with Gasteiger partial charge in [-0.15, -0.1) is 0 Å². The summed E-state index contributed by atoms with van der Waals surface area (Å²) in [5.74, 6) is 1.28. The molecule has 1 N–H and O–H groups in total. The fourth-order valence-corrected chi connectivity index (χ4v) is 7.19. The first kappa shape index (κ1) is 34.4. The Balaban J connectivity index is 1.00. The zero-order valence-electron chi connectivity index (χ0n) is 28.5. The number of piperidine rings is 1. The van der Waals surface area contributed by atoms with Gasteiger partial charge in [-0.25, -0.2) is 4.79 Å². The maximum absolute atomic E-state index is 13.4. The molecule has 2 aromatic heterocycles.